The van der Waals surface area contributed by atoms with Gasteiger partial charge in [0.2, 0.25) is 10.0 Å². The number of nitrogens with two attached hydrogens (primary N) is 1. The molecule has 1 aromatic carbocycles. The standard InChI is InChI=1S/C16H26N2O3S.ClH/c1-12-9-13(2)16(21-3)15(10-12)22(19,20)18-8-4-5-14(11-18)6-7-17;/h9-10,14H,4-8,11,17H2,1-3H3;1H. The first-order valence-corrected chi connectivity index (χ1v) is 9.19. The molecule has 23 heavy (non-hydrogen) atoms. The van der Waals surface area contributed by atoms with E-state index in [9.17, 15) is 8.42 Å². The Kier molecular flexibility index (Phi) is 7.32. The fraction of sp³-hybridized carbons (Fsp3) is 0.625. The third-order valence-corrected chi connectivity index (χ3v) is 6.13. The number of hydrogen-bond acceptors (Lipinski definition) is 4. The number of piperidine rings is 1. The van der Waals surface area contributed by atoms with Crippen molar-refractivity contribution in [2.45, 2.75) is 38.0 Å². The average Bonchev–Trinajstić information content (AvgIpc) is 2.47. The van der Waals surface area contributed by atoms with Gasteiger partial charge in [0.1, 0.15) is 10.6 Å². The second-order valence-electron chi connectivity index (χ2n) is 6.06. The van der Waals surface area contributed by atoms with Gasteiger partial charge in [-0.15, -0.1) is 12.4 Å². The van der Waals surface area contributed by atoms with E-state index in [0.29, 0.717) is 31.3 Å². The lowest BCUT2D eigenvalue weighted by molar-refractivity contribution is 0.257. The minimum absolute atomic E-state index is 0. The average molecular weight is 363 g/mol. The van der Waals surface area contributed by atoms with Crippen molar-refractivity contribution in [1.82, 2.24) is 4.31 Å². The van der Waals surface area contributed by atoms with Gasteiger partial charge in [0, 0.05) is 13.1 Å². The Morgan fingerprint density at radius 1 is 1.35 bits per heavy atom. The van der Waals surface area contributed by atoms with E-state index in [4.69, 9.17) is 10.5 Å². The Labute approximate surface area is 145 Å². The van der Waals surface area contributed by atoms with E-state index in [1.54, 1.807) is 10.4 Å². The van der Waals surface area contributed by atoms with Crippen LogP contribution in [0.4, 0.5) is 0 Å². The molecule has 1 unspecified atom stereocenters. The van der Waals surface area contributed by atoms with Crippen LogP contribution in [0.3, 0.4) is 0 Å². The second-order valence-corrected chi connectivity index (χ2v) is 7.97. The number of sulfonamides is 1. The molecule has 7 heteroatoms. The van der Waals surface area contributed by atoms with Gasteiger partial charge in [0.05, 0.1) is 7.11 Å². The zero-order valence-corrected chi connectivity index (χ0v) is 15.7. The van der Waals surface area contributed by atoms with Gasteiger partial charge in [0.15, 0.2) is 0 Å². The van der Waals surface area contributed by atoms with Crippen LogP contribution >= 0.6 is 12.4 Å². The Morgan fingerprint density at radius 2 is 2.04 bits per heavy atom. The Hall–Kier alpha value is -0.820. The highest BCUT2D eigenvalue weighted by molar-refractivity contribution is 7.89. The first kappa shape index (κ1) is 20.2. The molecular formula is C16H27ClN2O3S. The molecule has 1 atom stereocenters. The van der Waals surface area contributed by atoms with Crippen molar-refractivity contribution >= 4 is 22.4 Å². The number of ether oxygens (including phenoxy) is 1. The molecule has 2 N–H and O–H groups in total. The molecule has 0 radical (unpaired) electrons. The number of hydrogen-bond donors (Lipinski definition) is 1. The van der Waals surface area contributed by atoms with Crippen LogP contribution in [0, 0.1) is 19.8 Å². The maximum absolute atomic E-state index is 13.0. The molecule has 2 rings (SSSR count). The van der Waals surface area contributed by atoms with Crippen LogP contribution in [0.25, 0.3) is 0 Å². The molecule has 1 aromatic rings. The van der Waals surface area contributed by atoms with E-state index in [0.717, 1.165) is 30.4 Å². The summed E-state index contributed by atoms with van der Waals surface area (Å²) in [5.74, 6) is 0.803. The highest BCUT2D eigenvalue weighted by atomic mass is 35.5. The largest absolute Gasteiger partial charge is 0.495 e. The molecule has 0 aromatic heterocycles. The first-order valence-electron chi connectivity index (χ1n) is 7.75. The van der Waals surface area contributed by atoms with Crippen LogP contribution in [0.5, 0.6) is 5.75 Å². The van der Waals surface area contributed by atoms with Gasteiger partial charge in [-0.05, 0) is 62.8 Å². The van der Waals surface area contributed by atoms with E-state index in [-0.39, 0.29) is 17.3 Å². The van der Waals surface area contributed by atoms with Crippen molar-refractivity contribution in [3.8, 4) is 5.75 Å². The van der Waals surface area contributed by atoms with Crippen molar-refractivity contribution in [2.24, 2.45) is 11.7 Å². The smallest absolute Gasteiger partial charge is 0.246 e. The van der Waals surface area contributed by atoms with Crippen molar-refractivity contribution in [3.05, 3.63) is 23.3 Å². The minimum Gasteiger partial charge on any atom is -0.495 e. The SMILES string of the molecule is COc1c(C)cc(C)cc1S(=O)(=O)N1CCCC(CCN)C1.Cl. The molecule has 0 spiro atoms. The summed E-state index contributed by atoms with van der Waals surface area (Å²) in [6.07, 6.45) is 2.81. The van der Waals surface area contributed by atoms with Gasteiger partial charge in [-0.2, -0.15) is 4.31 Å². The van der Waals surface area contributed by atoms with Crippen LogP contribution in [0.1, 0.15) is 30.4 Å². The van der Waals surface area contributed by atoms with Crippen LogP contribution in [0.15, 0.2) is 17.0 Å². The number of methoxy groups -OCH3 is 1. The zero-order valence-electron chi connectivity index (χ0n) is 14.0. The molecule has 132 valence electrons. The van der Waals surface area contributed by atoms with Gasteiger partial charge in [-0.1, -0.05) is 6.07 Å². The number of benzene rings is 1. The third-order valence-electron chi connectivity index (χ3n) is 4.26. The predicted octanol–water partition coefficient (Wildman–Crippen LogP) is 2.48. The van der Waals surface area contributed by atoms with Crippen molar-refractivity contribution in [3.63, 3.8) is 0 Å². The molecule has 1 fully saturated rings. The third kappa shape index (κ3) is 4.38. The van der Waals surface area contributed by atoms with E-state index >= 15 is 0 Å². The number of nitrogens with zero attached hydrogens (tertiary/aromatic N) is 1. The topological polar surface area (TPSA) is 72.6 Å². The zero-order chi connectivity index (χ0) is 16.3. The lowest BCUT2D eigenvalue weighted by Crippen LogP contribution is -2.40. The minimum atomic E-state index is -3.53. The summed E-state index contributed by atoms with van der Waals surface area (Å²) in [5.41, 5.74) is 7.39. The first-order chi connectivity index (χ1) is 10.4. The highest BCUT2D eigenvalue weighted by Gasteiger charge is 2.32. The molecule has 0 bridgehead atoms. The normalized spacial score (nSPS) is 19.2. The Balaban J connectivity index is 0.00000264. The summed E-state index contributed by atoms with van der Waals surface area (Å²) in [6, 6.07) is 3.64. The van der Waals surface area contributed by atoms with Crippen molar-refractivity contribution < 1.29 is 13.2 Å². The Morgan fingerprint density at radius 3 is 2.65 bits per heavy atom. The number of halogens is 1. The fourth-order valence-corrected chi connectivity index (χ4v) is 5.09. The van der Waals surface area contributed by atoms with Crippen LogP contribution in [-0.2, 0) is 10.0 Å². The van der Waals surface area contributed by atoms with Crippen LogP contribution in [-0.4, -0.2) is 39.5 Å². The predicted molar refractivity (Wildman–Crippen MR) is 94.9 cm³/mol. The van der Waals surface area contributed by atoms with E-state index in [1.165, 1.54) is 7.11 Å². The molecular weight excluding hydrogens is 336 g/mol. The van der Waals surface area contributed by atoms with Crippen molar-refractivity contribution in [2.75, 3.05) is 26.7 Å². The van der Waals surface area contributed by atoms with Gasteiger partial charge >= 0.3 is 0 Å². The van der Waals surface area contributed by atoms with E-state index in [2.05, 4.69) is 0 Å². The molecule has 0 amide bonds. The van der Waals surface area contributed by atoms with Gasteiger partial charge in [-0.3, -0.25) is 0 Å². The lowest BCUT2D eigenvalue weighted by atomic mass is 9.96. The summed E-state index contributed by atoms with van der Waals surface area (Å²) in [6.45, 7) is 5.50. The summed E-state index contributed by atoms with van der Waals surface area (Å²) < 4.78 is 33.0. The van der Waals surface area contributed by atoms with E-state index in [1.807, 2.05) is 19.9 Å². The van der Waals surface area contributed by atoms with Crippen LogP contribution in [0.2, 0.25) is 0 Å². The maximum Gasteiger partial charge on any atom is 0.246 e. The molecule has 5 nitrogen and oxygen atoms in total. The summed E-state index contributed by atoms with van der Waals surface area (Å²) in [7, 11) is -2.02. The van der Waals surface area contributed by atoms with Gasteiger partial charge in [0.25, 0.3) is 0 Å². The molecule has 0 saturated carbocycles. The van der Waals surface area contributed by atoms with Gasteiger partial charge in [-0.25, -0.2) is 8.42 Å². The Bertz CT molecular complexity index is 632. The van der Waals surface area contributed by atoms with Crippen LogP contribution < -0.4 is 10.5 Å². The summed E-state index contributed by atoms with van der Waals surface area (Å²) in [5, 5.41) is 0. The second kappa shape index (κ2) is 8.33. The summed E-state index contributed by atoms with van der Waals surface area (Å²) in [4.78, 5) is 0.279. The lowest BCUT2D eigenvalue weighted by Gasteiger charge is -2.32. The number of aryl methyl sites for hydroxylation is 2. The van der Waals surface area contributed by atoms with E-state index < -0.39 is 10.0 Å². The fourth-order valence-electron chi connectivity index (χ4n) is 3.22. The number of rotatable bonds is 5. The van der Waals surface area contributed by atoms with Gasteiger partial charge < -0.3 is 10.5 Å². The molecule has 0 aliphatic carbocycles. The monoisotopic (exact) mass is 362 g/mol. The maximum atomic E-state index is 13.0. The summed E-state index contributed by atoms with van der Waals surface area (Å²) >= 11 is 0. The molecule has 1 heterocycles. The quantitative estimate of drug-likeness (QED) is 0.873. The molecule has 1 saturated heterocycles. The molecule has 1 aliphatic rings. The molecule has 1 aliphatic heterocycles. The highest BCUT2D eigenvalue weighted by Crippen LogP contribution is 2.33. The van der Waals surface area contributed by atoms with Crippen molar-refractivity contribution in [1.29, 1.82) is 0 Å².